The summed E-state index contributed by atoms with van der Waals surface area (Å²) in [7, 11) is 0. The van der Waals surface area contributed by atoms with Crippen molar-refractivity contribution in [3.63, 3.8) is 0 Å². The van der Waals surface area contributed by atoms with Crippen LogP contribution < -0.4 is 11.1 Å². The normalized spacial score (nSPS) is 16.8. The van der Waals surface area contributed by atoms with Gasteiger partial charge in [-0.3, -0.25) is 10.3 Å². The minimum absolute atomic E-state index is 0.0384. The van der Waals surface area contributed by atoms with Crippen molar-refractivity contribution < 1.29 is 5.11 Å². The van der Waals surface area contributed by atoms with Gasteiger partial charge in [-0.2, -0.15) is 0 Å². The van der Waals surface area contributed by atoms with Gasteiger partial charge < -0.3 is 21.1 Å². The summed E-state index contributed by atoms with van der Waals surface area (Å²) in [6.07, 6.45) is 1.03. The number of anilines is 1. The fourth-order valence-corrected chi connectivity index (χ4v) is 2.58. The van der Waals surface area contributed by atoms with Gasteiger partial charge in [-0.1, -0.05) is 12.1 Å². The van der Waals surface area contributed by atoms with E-state index in [1.807, 2.05) is 12.1 Å². The van der Waals surface area contributed by atoms with Gasteiger partial charge in [0, 0.05) is 45.0 Å². The molecule has 0 amide bonds. The predicted molar refractivity (Wildman–Crippen MR) is 85.6 cm³/mol. The molecule has 0 aliphatic carbocycles. The number of piperazine rings is 1. The van der Waals surface area contributed by atoms with Gasteiger partial charge in [-0.25, -0.2) is 0 Å². The van der Waals surface area contributed by atoms with Gasteiger partial charge in [0.1, 0.15) is 0 Å². The first-order valence-electron chi connectivity index (χ1n) is 7.43. The van der Waals surface area contributed by atoms with Crippen molar-refractivity contribution in [2.75, 3.05) is 51.2 Å². The quantitative estimate of drug-likeness (QED) is 0.442. The molecular formula is C15H25N5O. The summed E-state index contributed by atoms with van der Waals surface area (Å²) in [6.45, 7) is 6.34. The summed E-state index contributed by atoms with van der Waals surface area (Å²) in [4.78, 5) is 4.77. The highest BCUT2D eigenvalue weighted by Crippen LogP contribution is 2.11. The molecule has 1 fully saturated rings. The Hall–Kier alpha value is -1.63. The third-order valence-electron chi connectivity index (χ3n) is 3.83. The maximum atomic E-state index is 8.93. The second-order valence-electron chi connectivity index (χ2n) is 5.39. The fraction of sp³-hybridized carbons (Fsp3) is 0.533. The smallest absolute Gasteiger partial charge is 0.190 e. The van der Waals surface area contributed by atoms with E-state index in [1.165, 1.54) is 5.56 Å². The van der Waals surface area contributed by atoms with Crippen LogP contribution in [0.15, 0.2) is 24.3 Å². The van der Waals surface area contributed by atoms with Crippen molar-refractivity contribution in [2.45, 2.75) is 6.42 Å². The Morgan fingerprint density at radius 2 is 1.67 bits per heavy atom. The first kappa shape index (κ1) is 15.8. The number of guanidine groups is 1. The van der Waals surface area contributed by atoms with Gasteiger partial charge in [0.05, 0.1) is 6.61 Å². The van der Waals surface area contributed by atoms with Crippen LogP contribution in [0.4, 0.5) is 5.69 Å². The zero-order valence-corrected chi connectivity index (χ0v) is 12.4. The second-order valence-corrected chi connectivity index (χ2v) is 5.39. The molecule has 0 atom stereocenters. The molecule has 0 spiro atoms. The second kappa shape index (κ2) is 7.97. The molecule has 0 bridgehead atoms. The van der Waals surface area contributed by atoms with Crippen LogP contribution in [0.25, 0.3) is 0 Å². The van der Waals surface area contributed by atoms with Gasteiger partial charge in [0.25, 0.3) is 0 Å². The molecule has 116 valence electrons. The number of nitrogens with one attached hydrogen (secondary N) is 2. The molecule has 21 heavy (non-hydrogen) atoms. The Bertz CT molecular complexity index is 440. The van der Waals surface area contributed by atoms with Gasteiger partial charge >= 0.3 is 0 Å². The Morgan fingerprint density at radius 1 is 1.10 bits per heavy atom. The summed E-state index contributed by atoms with van der Waals surface area (Å²) < 4.78 is 0. The van der Waals surface area contributed by atoms with Crippen molar-refractivity contribution in [2.24, 2.45) is 5.73 Å². The molecule has 0 radical (unpaired) electrons. The fourth-order valence-electron chi connectivity index (χ4n) is 2.58. The zero-order valence-electron chi connectivity index (χ0n) is 12.4. The van der Waals surface area contributed by atoms with Crippen LogP contribution >= 0.6 is 0 Å². The van der Waals surface area contributed by atoms with Crippen LogP contribution in [-0.4, -0.2) is 66.7 Å². The van der Waals surface area contributed by atoms with E-state index in [0.29, 0.717) is 0 Å². The van der Waals surface area contributed by atoms with E-state index < -0.39 is 0 Å². The van der Waals surface area contributed by atoms with Crippen LogP contribution in [0.1, 0.15) is 5.56 Å². The van der Waals surface area contributed by atoms with E-state index in [-0.39, 0.29) is 12.6 Å². The monoisotopic (exact) mass is 291 g/mol. The number of aliphatic hydroxyl groups is 1. The molecular weight excluding hydrogens is 266 g/mol. The third kappa shape index (κ3) is 5.34. The van der Waals surface area contributed by atoms with E-state index in [1.54, 1.807) is 0 Å². The maximum absolute atomic E-state index is 8.93. The van der Waals surface area contributed by atoms with Crippen LogP contribution in [0.5, 0.6) is 0 Å². The van der Waals surface area contributed by atoms with E-state index in [4.69, 9.17) is 16.2 Å². The highest BCUT2D eigenvalue weighted by Gasteiger charge is 2.15. The van der Waals surface area contributed by atoms with E-state index in [9.17, 15) is 0 Å². The summed E-state index contributed by atoms with van der Waals surface area (Å²) in [6, 6.07) is 8.06. The molecule has 1 aromatic rings. The number of β-amino-alcohol motifs (C(OH)–C–C–N with tert-alkyl or cyclic N) is 1. The number of nitrogens with two attached hydrogens (primary N) is 1. The Morgan fingerprint density at radius 3 is 2.19 bits per heavy atom. The lowest BCUT2D eigenvalue weighted by Crippen LogP contribution is -2.47. The summed E-state index contributed by atoms with van der Waals surface area (Å²) in [5.41, 5.74) is 7.44. The molecule has 0 unspecified atom stereocenters. The van der Waals surface area contributed by atoms with Gasteiger partial charge in [-0.05, 0) is 24.1 Å². The number of nitrogens with zero attached hydrogens (tertiary/aromatic N) is 2. The molecule has 5 N–H and O–H groups in total. The highest BCUT2D eigenvalue weighted by atomic mass is 16.3. The lowest BCUT2D eigenvalue weighted by molar-refractivity contribution is 0.113. The van der Waals surface area contributed by atoms with Gasteiger partial charge in [-0.15, -0.1) is 0 Å². The molecule has 0 saturated carbocycles. The minimum atomic E-state index is -0.0384. The topological polar surface area (TPSA) is 88.6 Å². The van der Waals surface area contributed by atoms with Gasteiger partial charge in [0.2, 0.25) is 0 Å². The van der Waals surface area contributed by atoms with Crippen molar-refractivity contribution in [3.8, 4) is 0 Å². The average molecular weight is 291 g/mol. The molecule has 2 rings (SSSR count). The van der Waals surface area contributed by atoms with Gasteiger partial charge in [0.15, 0.2) is 5.96 Å². The largest absolute Gasteiger partial charge is 0.395 e. The van der Waals surface area contributed by atoms with Crippen molar-refractivity contribution in [1.29, 1.82) is 5.41 Å². The van der Waals surface area contributed by atoms with Crippen molar-refractivity contribution in [1.82, 2.24) is 9.80 Å². The Kier molecular flexibility index (Phi) is 5.98. The van der Waals surface area contributed by atoms with Crippen LogP contribution in [0, 0.1) is 5.41 Å². The lowest BCUT2D eigenvalue weighted by Gasteiger charge is -2.34. The SMILES string of the molecule is N=C(N)Nc1ccc(CCN2CCN(CCO)CC2)cc1. The summed E-state index contributed by atoms with van der Waals surface area (Å²) in [5, 5.41) is 18.9. The van der Waals surface area contributed by atoms with Crippen LogP contribution in [0.2, 0.25) is 0 Å². The first-order chi connectivity index (χ1) is 10.2. The Balaban J connectivity index is 1.72. The number of hydrogen-bond acceptors (Lipinski definition) is 4. The number of rotatable bonds is 6. The average Bonchev–Trinajstić information content (AvgIpc) is 2.48. The highest BCUT2D eigenvalue weighted by molar-refractivity contribution is 5.89. The van der Waals surface area contributed by atoms with Crippen molar-refractivity contribution >= 4 is 11.6 Å². The van der Waals surface area contributed by atoms with Crippen LogP contribution in [-0.2, 0) is 6.42 Å². The maximum Gasteiger partial charge on any atom is 0.190 e. The van der Waals surface area contributed by atoms with E-state index >= 15 is 0 Å². The summed E-state index contributed by atoms with van der Waals surface area (Å²) in [5.74, 6) is -0.0384. The molecule has 1 saturated heterocycles. The minimum Gasteiger partial charge on any atom is -0.395 e. The molecule has 1 heterocycles. The zero-order chi connectivity index (χ0) is 15.1. The molecule has 0 aromatic heterocycles. The molecule has 1 aliphatic rings. The predicted octanol–water partition coefficient (Wildman–Crippen LogP) is 0.144. The molecule has 1 aromatic carbocycles. The van der Waals surface area contributed by atoms with Crippen molar-refractivity contribution in [3.05, 3.63) is 29.8 Å². The standard InChI is InChI=1S/C15H25N5O/c16-15(17)18-14-3-1-13(2-4-14)5-6-19-7-9-20(10-8-19)11-12-21/h1-4,21H,5-12H2,(H4,16,17,18). The molecule has 6 heteroatoms. The number of aliphatic hydroxyl groups excluding tert-OH is 1. The molecule has 6 nitrogen and oxygen atoms in total. The van der Waals surface area contributed by atoms with Crippen LogP contribution in [0.3, 0.4) is 0 Å². The first-order valence-corrected chi connectivity index (χ1v) is 7.43. The Labute approximate surface area is 126 Å². The summed E-state index contributed by atoms with van der Waals surface area (Å²) >= 11 is 0. The number of benzene rings is 1. The number of hydrogen-bond donors (Lipinski definition) is 4. The lowest BCUT2D eigenvalue weighted by atomic mass is 10.1. The third-order valence-corrected chi connectivity index (χ3v) is 3.83. The molecule has 1 aliphatic heterocycles. The van der Waals surface area contributed by atoms with E-state index in [2.05, 4.69) is 27.2 Å². The van der Waals surface area contributed by atoms with E-state index in [0.717, 1.165) is 51.4 Å².